The van der Waals surface area contributed by atoms with Crippen LogP contribution in [0, 0.1) is 17.7 Å². The summed E-state index contributed by atoms with van der Waals surface area (Å²) in [4.78, 5) is 0. The van der Waals surface area contributed by atoms with E-state index in [4.69, 9.17) is 5.73 Å². The molecule has 0 bridgehead atoms. The molecule has 1 heterocycles. The number of hydrogen-bond donors (Lipinski definition) is 1. The number of nitrogens with two attached hydrogens (primary N) is 1. The molecule has 0 spiro atoms. The lowest BCUT2D eigenvalue weighted by Crippen LogP contribution is -2.06. The number of anilines is 1. The fraction of sp³-hybridized carbons (Fsp3) is 0.417. The Hall–Kier alpha value is -1.98. The van der Waals surface area contributed by atoms with Crippen LogP contribution in [0.4, 0.5) is 10.1 Å². The summed E-state index contributed by atoms with van der Waals surface area (Å²) in [6, 6.07) is 4.55. The number of aromatic nitrogens is 4. The van der Waals surface area contributed by atoms with Crippen molar-refractivity contribution in [1.82, 2.24) is 20.2 Å². The van der Waals surface area contributed by atoms with Crippen LogP contribution in [0.2, 0.25) is 0 Å². The number of nitrogen functional groups attached to an aromatic ring is 1. The van der Waals surface area contributed by atoms with Crippen LogP contribution in [0.3, 0.4) is 0 Å². The lowest BCUT2D eigenvalue weighted by Gasteiger charge is -2.05. The summed E-state index contributed by atoms with van der Waals surface area (Å²) in [6.45, 7) is 2.94. The standard InChI is InChI=1S/C12H14FN5/c1-7-4-8(7)6-18-12(15-16-17-18)10-3-2-9(14)5-11(10)13/h2-3,5,7-8H,4,6,14H2,1H3. The molecule has 5 nitrogen and oxygen atoms in total. The van der Waals surface area contributed by atoms with Gasteiger partial charge in [0.25, 0.3) is 0 Å². The molecule has 0 radical (unpaired) electrons. The van der Waals surface area contributed by atoms with Gasteiger partial charge in [-0.3, -0.25) is 0 Å². The molecular weight excluding hydrogens is 233 g/mol. The molecule has 1 aromatic heterocycles. The topological polar surface area (TPSA) is 69.6 Å². The summed E-state index contributed by atoms with van der Waals surface area (Å²) in [5.41, 5.74) is 6.32. The fourth-order valence-electron chi connectivity index (χ4n) is 2.11. The predicted octanol–water partition coefficient (Wildman–Crippen LogP) is 1.72. The van der Waals surface area contributed by atoms with E-state index in [0.29, 0.717) is 28.9 Å². The first-order valence-electron chi connectivity index (χ1n) is 5.96. The Morgan fingerprint density at radius 2 is 2.28 bits per heavy atom. The van der Waals surface area contributed by atoms with E-state index in [1.165, 1.54) is 12.5 Å². The molecule has 1 fully saturated rings. The summed E-state index contributed by atoms with van der Waals surface area (Å²) in [5, 5.41) is 11.5. The Morgan fingerprint density at radius 1 is 1.50 bits per heavy atom. The van der Waals surface area contributed by atoms with E-state index >= 15 is 0 Å². The van der Waals surface area contributed by atoms with Crippen molar-refractivity contribution in [3.8, 4) is 11.4 Å². The minimum atomic E-state index is -0.394. The van der Waals surface area contributed by atoms with Crippen molar-refractivity contribution in [3.05, 3.63) is 24.0 Å². The summed E-state index contributed by atoms with van der Waals surface area (Å²) >= 11 is 0. The molecule has 2 atom stereocenters. The SMILES string of the molecule is CC1CC1Cn1nnnc1-c1ccc(N)cc1F. The summed E-state index contributed by atoms with van der Waals surface area (Å²) < 4.78 is 15.5. The maximum absolute atomic E-state index is 13.8. The van der Waals surface area contributed by atoms with Crippen LogP contribution in [-0.2, 0) is 6.54 Å². The number of nitrogens with zero attached hydrogens (tertiary/aromatic N) is 4. The molecule has 3 rings (SSSR count). The first-order chi connectivity index (χ1) is 8.65. The molecule has 2 unspecified atom stereocenters. The van der Waals surface area contributed by atoms with Gasteiger partial charge in [0.2, 0.25) is 0 Å². The molecule has 1 saturated carbocycles. The second kappa shape index (κ2) is 4.04. The molecule has 1 aromatic carbocycles. The number of tetrazole rings is 1. The second-order valence-corrected chi connectivity index (χ2v) is 4.90. The minimum Gasteiger partial charge on any atom is -0.399 e. The van der Waals surface area contributed by atoms with Crippen LogP contribution in [0.5, 0.6) is 0 Å². The van der Waals surface area contributed by atoms with Gasteiger partial charge in [0.05, 0.1) is 5.56 Å². The lowest BCUT2D eigenvalue weighted by atomic mass is 10.2. The number of benzene rings is 1. The third-order valence-corrected chi connectivity index (χ3v) is 3.45. The summed E-state index contributed by atoms with van der Waals surface area (Å²) in [7, 11) is 0. The maximum Gasteiger partial charge on any atom is 0.184 e. The summed E-state index contributed by atoms with van der Waals surface area (Å²) in [6.07, 6.45) is 1.18. The molecule has 1 aliphatic rings. The van der Waals surface area contributed by atoms with Gasteiger partial charge >= 0.3 is 0 Å². The third kappa shape index (κ3) is 1.94. The zero-order chi connectivity index (χ0) is 12.7. The van der Waals surface area contributed by atoms with Crippen LogP contribution in [0.25, 0.3) is 11.4 Å². The van der Waals surface area contributed by atoms with Gasteiger partial charge in [-0.15, -0.1) is 5.10 Å². The molecule has 2 aromatic rings. The van der Waals surface area contributed by atoms with Gasteiger partial charge in [0, 0.05) is 12.2 Å². The fourth-order valence-corrected chi connectivity index (χ4v) is 2.11. The van der Waals surface area contributed by atoms with Crippen molar-refractivity contribution in [2.45, 2.75) is 19.9 Å². The van der Waals surface area contributed by atoms with Crippen molar-refractivity contribution >= 4 is 5.69 Å². The Balaban J connectivity index is 1.93. The van der Waals surface area contributed by atoms with Gasteiger partial charge in [-0.25, -0.2) is 9.07 Å². The van der Waals surface area contributed by atoms with Crippen molar-refractivity contribution in [3.63, 3.8) is 0 Å². The highest BCUT2D eigenvalue weighted by Gasteiger charge is 2.33. The normalized spacial score (nSPS) is 22.1. The van der Waals surface area contributed by atoms with Crippen molar-refractivity contribution in [1.29, 1.82) is 0 Å². The highest BCUT2D eigenvalue weighted by molar-refractivity contribution is 5.59. The average Bonchev–Trinajstić information content (AvgIpc) is 2.83. The molecule has 2 N–H and O–H groups in total. The predicted molar refractivity (Wildman–Crippen MR) is 64.9 cm³/mol. The van der Waals surface area contributed by atoms with E-state index in [1.807, 2.05) is 0 Å². The minimum absolute atomic E-state index is 0.391. The van der Waals surface area contributed by atoms with Gasteiger partial charge in [-0.1, -0.05) is 6.92 Å². The average molecular weight is 247 g/mol. The first kappa shape index (κ1) is 11.1. The highest BCUT2D eigenvalue weighted by Crippen LogP contribution is 2.39. The number of hydrogen-bond acceptors (Lipinski definition) is 4. The molecule has 0 saturated heterocycles. The van der Waals surface area contributed by atoms with E-state index in [1.54, 1.807) is 16.8 Å². The van der Waals surface area contributed by atoms with Gasteiger partial charge in [-0.2, -0.15) is 0 Å². The Labute approximate surface area is 104 Å². The molecular formula is C12H14FN5. The highest BCUT2D eigenvalue weighted by atomic mass is 19.1. The van der Waals surface area contributed by atoms with E-state index in [2.05, 4.69) is 22.4 Å². The maximum atomic E-state index is 13.8. The molecule has 6 heteroatoms. The van der Waals surface area contributed by atoms with E-state index < -0.39 is 5.82 Å². The van der Waals surface area contributed by atoms with Gasteiger partial charge in [0.1, 0.15) is 5.82 Å². The van der Waals surface area contributed by atoms with E-state index in [0.717, 1.165) is 6.54 Å². The van der Waals surface area contributed by atoms with Crippen molar-refractivity contribution in [2.24, 2.45) is 11.8 Å². The summed E-state index contributed by atoms with van der Waals surface area (Å²) in [5.74, 6) is 1.38. The van der Waals surface area contributed by atoms with Crippen LogP contribution < -0.4 is 5.73 Å². The lowest BCUT2D eigenvalue weighted by molar-refractivity contribution is 0.526. The van der Waals surface area contributed by atoms with Crippen molar-refractivity contribution < 1.29 is 4.39 Å². The zero-order valence-electron chi connectivity index (χ0n) is 10.0. The molecule has 0 aliphatic heterocycles. The molecule has 0 amide bonds. The second-order valence-electron chi connectivity index (χ2n) is 4.90. The van der Waals surface area contributed by atoms with Crippen LogP contribution >= 0.6 is 0 Å². The van der Waals surface area contributed by atoms with Crippen LogP contribution in [0.1, 0.15) is 13.3 Å². The molecule has 94 valence electrons. The Kier molecular flexibility index (Phi) is 2.50. The monoisotopic (exact) mass is 247 g/mol. The molecule has 1 aliphatic carbocycles. The number of rotatable bonds is 3. The van der Waals surface area contributed by atoms with E-state index in [9.17, 15) is 4.39 Å². The first-order valence-corrected chi connectivity index (χ1v) is 5.96. The van der Waals surface area contributed by atoms with Crippen molar-refractivity contribution in [2.75, 3.05) is 5.73 Å². The van der Waals surface area contributed by atoms with Gasteiger partial charge in [-0.05, 0) is 46.9 Å². The Morgan fingerprint density at radius 3 is 2.94 bits per heavy atom. The van der Waals surface area contributed by atoms with Gasteiger partial charge < -0.3 is 5.73 Å². The quantitative estimate of drug-likeness (QED) is 0.838. The largest absolute Gasteiger partial charge is 0.399 e. The zero-order valence-corrected chi connectivity index (χ0v) is 10.0. The number of halogens is 1. The van der Waals surface area contributed by atoms with Gasteiger partial charge in [0.15, 0.2) is 5.82 Å². The smallest absolute Gasteiger partial charge is 0.184 e. The van der Waals surface area contributed by atoms with Crippen LogP contribution in [-0.4, -0.2) is 20.2 Å². The molecule has 18 heavy (non-hydrogen) atoms. The Bertz CT molecular complexity index is 580. The third-order valence-electron chi connectivity index (χ3n) is 3.45. The van der Waals surface area contributed by atoms with E-state index in [-0.39, 0.29) is 0 Å². The van der Waals surface area contributed by atoms with Crippen LogP contribution in [0.15, 0.2) is 18.2 Å².